The first-order valence-electron chi connectivity index (χ1n) is 5.29. The fourth-order valence-electron chi connectivity index (χ4n) is 2.50. The minimum atomic E-state index is 0.448. The van der Waals surface area contributed by atoms with Gasteiger partial charge in [0.15, 0.2) is 0 Å². The summed E-state index contributed by atoms with van der Waals surface area (Å²) >= 11 is 0. The molecule has 2 N–H and O–H groups in total. The summed E-state index contributed by atoms with van der Waals surface area (Å²) in [6, 6.07) is 0.485. The van der Waals surface area contributed by atoms with Gasteiger partial charge in [-0.15, -0.1) is 0 Å². The van der Waals surface area contributed by atoms with E-state index in [1.165, 1.54) is 19.3 Å². The number of nitrogens with two attached hydrogens (primary N) is 1. The molecule has 2 aliphatic rings. The highest BCUT2D eigenvalue weighted by molar-refractivity contribution is 5.09. The number of hydrogen-bond acceptors (Lipinski definition) is 1. The van der Waals surface area contributed by atoms with E-state index in [2.05, 4.69) is 20.8 Å². The van der Waals surface area contributed by atoms with Crippen LogP contribution in [0, 0.1) is 23.2 Å². The van der Waals surface area contributed by atoms with Gasteiger partial charge in [0.05, 0.1) is 0 Å². The van der Waals surface area contributed by atoms with Crippen LogP contribution < -0.4 is 5.73 Å². The Morgan fingerprint density at radius 3 is 2.25 bits per heavy atom. The summed E-state index contributed by atoms with van der Waals surface area (Å²) < 4.78 is 0. The zero-order valence-electron chi connectivity index (χ0n) is 8.51. The van der Waals surface area contributed by atoms with Crippen LogP contribution in [0.1, 0.15) is 40.0 Å². The van der Waals surface area contributed by atoms with E-state index in [-0.39, 0.29) is 0 Å². The van der Waals surface area contributed by atoms with Gasteiger partial charge in [-0.05, 0) is 42.4 Å². The maximum atomic E-state index is 6.01. The second-order valence-electron chi connectivity index (χ2n) is 5.50. The van der Waals surface area contributed by atoms with Crippen LogP contribution in [0.5, 0.6) is 0 Å². The summed E-state index contributed by atoms with van der Waals surface area (Å²) in [5.74, 6) is 2.80. The van der Waals surface area contributed by atoms with Crippen molar-refractivity contribution in [3.8, 4) is 0 Å². The van der Waals surface area contributed by atoms with Crippen molar-refractivity contribution >= 4 is 0 Å². The van der Waals surface area contributed by atoms with E-state index >= 15 is 0 Å². The SMILES string of the molecule is CC(CC1C(N)C1(C)C)C1CC1. The molecule has 2 saturated carbocycles. The molecular formula is C11H21N. The first kappa shape index (κ1) is 8.55. The summed E-state index contributed by atoms with van der Waals surface area (Å²) in [4.78, 5) is 0. The molecule has 12 heavy (non-hydrogen) atoms. The second-order valence-corrected chi connectivity index (χ2v) is 5.50. The summed E-state index contributed by atoms with van der Waals surface area (Å²) in [7, 11) is 0. The average molecular weight is 167 g/mol. The predicted octanol–water partition coefficient (Wildman–Crippen LogP) is 2.41. The van der Waals surface area contributed by atoms with Gasteiger partial charge in [0.1, 0.15) is 0 Å². The van der Waals surface area contributed by atoms with Crippen molar-refractivity contribution in [2.45, 2.75) is 46.1 Å². The minimum absolute atomic E-state index is 0.448. The standard InChI is InChI=1S/C11H21N/c1-7(8-4-5-8)6-9-10(12)11(9,2)3/h7-10H,4-6,12H2,1-3H3. The molecule has 0 aromatic heterocycles. The molecule has 3 atom stereocenters. The Hall–Kier alpha value is -0.0400. The van der Waals surface area contributed by atoms with Crippen LogP contribution in [0.2, 0.25) is 0 Å². The van der Waals surface area contributed by atoms with Crippen LogP contribution in [0.3, 0.4) is 0 Å². The summed E-state index contributed by atoms with van der Waals surface area (Å²) in [5, 5.41) is 0. The first-order chi connectivity index (χ1) is 5.53. The molecule has 0 aliphatic heterocycles. The van der Waals surface area contributed by atoms with E-state index in [1.54, 1.807) is 0 Å². The molecule has 70 valence electrons. The third-order valence-corrected chi connectivity index (χ3v) is 4.19. The number of rotatable bonds is 3. The molecule has 0 heterocycles. The number of hydrogen-bond donors (Lipinski definition) is 1. The van der Waals surface area contributed by atoms with Crippen LogP contribution in [0.25, 0.3) is 0 Å². The molecule has 0 aromatic rings. The molecule has 2 fully saturated rings. The van der Waals surface area contributed by atoms with Crippen molar-refractivity contribution < 1.29 is 0 Å². The highest BCUT2D eigenvalue weighted by Crippen LogP contribution is 2.55. The zero-order valence-corrected chi connectivity index (χ0v) is 8.51. The van der Waals surface area contributed by atoms with Crippen molar-refractivity contribution in [3.63, 3.8) is 0 Å². The molecule has 1 nitrogen and oxygen atoms in total. The van der Waals surface area contributed by atoms with Crippen molar-refractivity contribution in [1.29, 1.82) is 0 Å². The second kappa shape index (κ2) is 2.47. The van der Waals surface area contributed by atoms with Gasteiger partial charge >= 0.3 is 0 Å². The van der Waals surface area contributed by atoms with Gasteiger partial charge in [-0.25, -0.2) is 0 Å². The third kappa shape index (κ3) is 1.28. The molecule has 2 rings (SSSR count). The van der Waals surface area contributed by atoms with Crippen molar-refractivity contribution in [2.75, 3.05) is 0 Å². The molecule has 1 heteroatoms. The summed E-state index contributed by atoms with van der Waals surface area (Å²) in [6.07, 6.45) is 4.33. The van der Waals surface area contributed by atoms with Crippen LogP contribution in [0.15, 0.2) is 0 Å². The molecule has 0 bridgehead atoms. The minimum Gasteiger partial charge on any atom is -0.327 e. The van der Waals surface area contributed by atoms with Gasteiger partial charge in [0.25, 0.3) is 0 Å². The Kier molecular flexibility index (Phi) is 1.76. The van der Waals surface area contributed by atoms with Crippen LogP contribution >= 0.6 is 0 Å². The van der Waals surface area contributed by atoms with Crippen molar-refractivity contribution in [1.82, 2.24) is 0 Å². The average Bonchev–Trinajstić information content (AvgIpc) is 2.85. The van der Waals surface area contributed by atoms with Crippen molar-refractivity contribution in [3.05, 3.63) is 0 Å². The van der Waals surface area contributed by atoms with Crippen LogP contribution in [-0.4, -0.2) is 6.04 Å². The Bertz CT molecular complexity index is 181. The van der Waals surface area contributed by atoms with Crippen molar-refractivity contribution in [2.24, 2.45) is 28.9 Å². The molecule has 2 aliphatic carbocycles. The maximum Gasteiger partial charge on any atom is 0.0128 e. The fourth-order valence-corrected chi connectivity index (χ4v) is 2.50. The highest BCUT2D eigenvalue weighted by atomic mass is 14.8. The smallest absolute Gasteiger partial charge is 0.0128 e. The topological polar surface area (TPSA) is 26.0 Å². The van der Waals surface area contributed by atoms with E-state index in [1.807, 2.05) is 0 Å². The van der Waals surface area contributed by atoms with Gasteiger partial charge in [0.2, 0.25) is 0 Å². The van der Waals surface area contributed by atoms with Gasteiger partial charge in [0, 0.05) is 6.04 Å². The van der Waals surface area contributed by atoms with Gasteiger partial charge in [-0.1, -0.05) is 20.8 Å². The van der Waals surface area contributed by atoms with Gasteiger partial charge in [-0.2, -0.15) is 0 Å². The van der Waals surface area contributed by atoms with Gasteiger partial charge < -0.3 is 5.73 Å². The molecule has 0 spiro atoms. The molecular weight excluding hydrogens is 146 g/mol. The largest absolute Gasteiger partial charge is 0.327 e. The lowest BCUT2D eigenvalue weighted by Crippen LogP contribution is -2.07. The zero-order chi connectivity index (χ0) is 8.93. The lowest BCUT2D eigenvalue weighted by molar-refractivity contribution is 0.401. The Labute approximate surface area is 75.7 Å². The molecule has 0 amide bonds. The maximum absolute atomic E-state index is 6.01. The quantitative estimate of drug-likeness (QED) is 0.686. The molecule has 3 unspecified atom stereocenters. The van der Waals surface area contributed by atoms with Crippen LogP contribution in [0.4, 0.5) is 0 Å². The third-order valence-electron chi connectivity index (χ3n) is 4.19. The Balaban J connectivity index is 1.81. The van der Waals surface area contributed by atoms with E-state index in [0.717, 1.165) is 17.8 Å². The lowest BCUT2D eigenvalue weighted by Gasteiger charge is -2.09. The Morgan fingerprint density at radius 1 is 1.42 bits per heavy atom. The molecule has 0 saturated heterocycles. The fraction of sp³-hybridized carbons (Fsp3) is 1.00. The molecule has 0 radical (unpaired) electrons. The normalized spacial score (nSPS) is 41.0. The predicted molar refractivity (Wildman–Crippen MR) is 51.8 cm³/mol. The Morgan fingerprint density at radius 2 is 1.92 bits per heavy atom. The van der Waals surface area contributed by atoms with E-state index in [4.69, 9.17) is 5.73 Å². The molecule has 0 aromatic carbocycles. The summed E-state index contributed by atoms with van der Waals surface area (Å²) in [6.45, 7) is 7.02. The van der Waals surface area contributed by atoms with E-state index < -0.39 is 0 Å². The highest BCUT2D eigenvalue weighted by Gasteiger charge is 2.55. The summed E-state index contributed by atoms with van der Waals surface area (Å²) in [5.41, 5.74) is 6.46. The lowest BCUT2D eigenvalue weighted by atomic mass is 9.96. The van der Waals surface area contributed by atoms with E-state index in [9.17, 15) is 0 Å². The first-order valence-corrected chi connectivity index (χ1v) is 5.29. The van der Waals surface area contributed by atoms with E-state index in [0.29, 0.717) is 11.5 Å². The monoisotopic (exact) mass is 167 g/mol. The van der Waals surface area contributed by atoms with Crippen LogP contribution in [-0.2, 0) is 0 Å². The van der Waals surface area contributed by atoms with Gasteiger partial charge in [-0.3, -0.25) is 0 Å².